The molecule has 1 fully saturated rings. The van der Waals surface area contributed by atoms with E-state index in [4.69, 9.17) is 10.5 Å². The van der Waals surface area contributed by atoms with E-state index in [1.165, 1.54) is 9.75 Å². The lowest BCUT2D eigenvalue weighted by Crippen LogP contribution is -2.29. The van der Waals surface area contributed by atoms with Crippen LogP contribution in [-0.4, -0.2) is 30.7 Å². The summed E-state index contributed by atoms with van der Waals surface area (Å²) >= 11 is 1.83. The van der Waals surface area contributed by atoms with Gasteiger partial charge >= 0.3 is 0 Å². The third-order valence-electron chi connectivity index (χ3n) is 2.83. The maximum absolute atomic E-state index is 5.64. The van der Waals surface area contributed by atoms with Crippen molar-refractivity contribution in [1.29, 1.82) is 0 Å². The monoisotopic (exact) mass is 240 g/mol. The minimum absolute atomic E-state index is 0.358. The Labute approximate surface area is 101 Å². The molecular formula is C12H20N2OS. The molecule has 1 aliphatic rings. The number of hydrogen-bond donors (Lipinski definition) is 1. The number of ether oxygens (including phenoxy) is 1. The minimum atomic E-state index is 0.358. The van der Waals surface area contributed by atoms with Crippen LogP contribution in [0.25, 0.3) is 0 Å². The van der Waals surface area contributed by atoms with Crippen LogP contribution in [0.3, 0.4) is 0 Å². The Bertz CT molecular complexity index is 327. The first-order valence-electron chi connectivity index (χ1n) is 5.89. The zero-order chi connectivity index (χ0) is 11.4. The second-order valence-electron chi connectivity index (χ2n) is 4.34. The van der Waals surface area contributed by atoms with E-state index in [0.717, 1.165) is 32.7 Å². The van der Waals surface area contributed by atoms with E-state index >= 15 is 0 Å². The lowest BCUT2D eigenvalue weighted by molar-refractivity contribution is 0.0669. The molecule has 2 heterocycles. The van der Waals surface area contributed by atoms with E-state index in [0.29, 0.717) is 12.6 Å². The van der Waals surface area contributed by atoms with Gasteiger partial charge in [0.15, 0.2) is 0 Å². The molecule has 2 N–H and O–H groups in total. The summed E-state index contributed by atoms with van der Waals surface area (Å²) in [5, 5.41) is 0. The number of rotatable bonds is 3. The fourth-order valence-corrected chi connectivity index (χ4v) is 3.00. The Kier molecular flexibility index (Phi) is 4.35. The number of hydrogen-bond acceptors (Lipinski definition) is 4. The van der Waals surface area contributed by atoms with Gasteiger partial charge in [-0.1, -0.05) is 0 Å². The maximum Gasteiger partial charge on any atom is 0.0674 e. The lowest BCUT2D eigenvalue weighted by atomic mass is 10.3. The Balaban J connectivity index is 1.92. The van der Waals surface area contributed by atoms with Crippen molar-refractivity contribution in [2.75, 3.05) is 19.7 Å². The Morgan fingerprint density at radius 2 is 2.31 bits per heavy atom. The van der Waals surface area contributed by atoms with Crippen molar-refractivity contribution in [3.63, 3.8) is 0 Å². The molecule has 1 aromatic rings. The largest absolute Gasteiger partial charge is 0.377 e. The number of nitrogens with zero attached hydrogens (tertiary/aromatic N) is 1. The topological polar surface area (TPSA) is 38.5 Å². The zero-order valence-corrected chi connectivity index (χ0v) is 10.6. The summed E-state index contributed by atoms with van der Waals surface area (Å²) in [6.45, 7) is 6.92. The summed E-state index contributed by atoms with van der Waals surface area (Å²) in [7, 11) is 0. The van der Waals surface area contributed by atoms with Crippen LogP contribution < -0.4 is 5.73 Å². The molecule has 0 radical (unpaired) electrons. The van der Waals surface area contributed by atoms with Gasteiger partial charge in [-0.25, -0.2) is 0 Å². The molecule has 1 atom stereocenters. The highest BCUT2D eigenvalue weighted by molar-refractivity contribution is 7.11. The molecule has 1 aliphatic heterocycles. The van der Waals surface area contributed by atoms with Gasteiger partial charge in [0.2, 0.25) is 0 Å². The van der Waals surface area contributed by atoms with Crippen LogP contribution in [0.15, 0.2) is 12.1 Å². The van der Waals surface area contributed by atoms with Crippen molar-refractivity contribution in [3.05, 3.63) is 21.9 Å². The van der Waals surface area contributed by atoms with Gasteiger partial charge in [0, 0.05) is 42.5 Å². The van der Waals surface area contributed by atoms with Crippen LogP contribution >= 0.6 is 11.3 Å². The van der Waals surface area contributed by atoms with E-state index in [1.54, 1.807) is 0 Å². The summed E-state index contributed by atoms with van der Waals surface area (Å²) in [6.07, 6.45) is 1.50. The second-order valence-corrected chi connectivity index (χ2v) is 5.60. The van der Waals surface area contributed by atoms with Gasteiger partial charge in [0.1, 0.15) is 0 Å². The van der Waals surface area contributed by atoms with Gasteiger partial charge in [-0.15, -0.1) is 11.3 Å². The molecule has 3 nitrogen and oxygen atoms in total. The Hall–Kier alpha value is -0.420. The molecule has 0 bridgehead atoms. The van der Waals surface area contributed by atoms with E-state index in [9.17, 15) is 0 Å². The zero-order valence-electron chi connectivity index (χ0n) is 9.82. The van der Waals surface area contributed by atoms with Gasteiger partial charge in [-0.2, -0.15) is 0 Å². The first-order chi connectivity index (χ1) is 7.78. The van der Waals surface area contributed by atoms with Crippen molar-refractivity contribution in [2.24, 2.45) is 5.73 Å². The minimum Gasteiger partial charge on any atom is -0.377 e. The predicted octanol–water partition coefficient (Wildman–Crippen LogP) is 1.82. The highest BCUT2D eigenvalue weighted by Gasteiger charge is 2.15. The third kappa shape index (κ3) is 3.28. The first-order valence-corrected chi connectivity index (χ1v) is 6.71. The van der Waals surface area contributed by atoms with Crippen LogP contribution in [0.5, 0.6) is 0 Å². The predicted molar refractivity (Wildman–Crippen MR) is 67.5 cm³/mol. The first kappa shape index (κ1) is 12.0. The van der Waals surface area contributed by atoms with Crippen molar-refractivity contribution in [1.82, 2.24) is 4.90 Å². The van der Waals surface area contributed by atoms with Gasteiger partial charge in [-0.05, 0) is 25.5 Å². The molecule has 2 rings (SSSR count). The van der Waals surface area contributed by atoms with Crippen molar-refractivity contribution >= 4 is 11.3 Å². The van der Waals surface area contributed by atoms with Gasteiger partial charge < -0.3 is 10.5 Å². The van der Waals surface area contributed by atoms with E-state index in [1.807, 2.05) is 11.3 Å². The second kappa shape index (κ2) is 5.77. The summed E-state index contributed by atoms with van der Waals surface area (Å²) in [5.74, 6) is 0. The third-order valence-corrected chi connectivity index (χ3v) is 3.93. The van der Waals surface area contributed by atoms with Gasteiger partial charge in [0.25, 0.3) is 0 Å². The van der Waals surface area contributed by atoms with Gasteiger partial charge in [-0.3, -0.25) is 4.90 Å². The molecule has 4 heteroatoms. The van der Waals surface area contributed by atoms with E-state index in [2.05, 4.69) is 24.0 Å². The molecule has 0 aliphatic carbocycles. The molecule has 0 saturated carbocycles. The van der Waals surface area contributed by atoms with E-state index in [-0.39, 0.29) is 0 Å². The maximum atomic E-state index is 5.64. The van der Waals surface area contributed by atoms with Crippen LogP contribution in [0.4, 0.5) is 0 Å². The summed E-state index contributed by atoms with van der Waals surface area (Å²) in [4.78, 5) is 5.16. The van der Waals surface area contributed by atoms with Crippen LogP contribution in [0.2, 0.25) is 0 Å². The standard InChI is InChI=1S/C12H20N2OS/c1-10-8-14(5-2-6-15-10)9-12-4-3-11(7-13)16-12/h3-4,10H,2,5-9,13H2,1H3. The highest BCUT2D eigenvalue weighted by Crippen LogP contribution is 2.19. The molecule has 0 aromatic carbocycles. The Morgan fingerprint density at radius 3 is 3.06 bits per heavy atom. The SMILES string of the molecule is CC1CN(Cc2ccc(CN)s2)CCCO1. The summed E-state index contributed by atoms with van der Waals surface area (Å²) in [6, 6.07) is 4.33. The molecule has 1 aromatic heterocycles. The van der Waals surface area contributed by atoms with Crippen molar-refractivity contribution in [3.8, 4) is 0 Å². The number of nitrogens with two attached hydrogens (primary N) is 1. The molecule has 1 unspecified atom stereocenters. The molecule has 16 heavy (non-hydrogen) atoms. The summed E-state index contributed by atoms with van der Waals surface area (Å²) in [5.41, 5.74) is 5.62. The molecule has 0 amide bonds. The van der Waals surface area contributed by atoms with Crippen LogP contribution in [0.1, 0.15) is 23.1 Å². The van der Waals surface area contributed by atoms with Crippen molar-refractivity contribution < 1.29 is 4.74 Å². The fourth-order valence-electron chi connectivity index (χ4n) is 2.06. The van der Waals surface area contributed by atoms with Gasteiger partial charge in [0.05, 0.1) is 6.10 Å². The summed E-state index contributed by atoms with van der Waals surface area (Å²) < 4.78 is 5.64. The van der Waals surface area contributed by atoms with Crippen molar-refractivity contribution in [2.45, 2.75) is 32.5 Å². The Morgan fingerprint density at radius 1 is 1.50 bits per heavy atom. The van der Waals surface area contributed by atoms with Crippen LogP contribution in [0, 0.1) is 0 Å². The normalized spacial score (nSPS) is 23.2. The fraction of sp³-hybridized carbons (Fsp3) is 0.667. The highest BCUT2D eigenvalue weighted by atomic mass is 32.1. The average molecular weight is 240 g/mol. The van der Waals surface area contributed by atoms with Crippen LogP contribution in [-0.2, 0) is 17.8 Å². The molecule has 0 spiro atoms. The smallest absolute Gasteiger partial charge is 0.0674 e. The lowest BCUT2D eigenvalue weighted by Gasteiger charge is -2.20. The quantitative estimate of drug-likeness (QED) is 0.876. The average Bonchev–Trinajstić information content (AvgIpc) is 2.62. The van der Waals surface area contributed by atoms with E-state index < -0.39 is 0 Å². The molecular weight excluding hydrogens is 220 g/mol. The number of thiophene rings is 1. The molecule has 1 saturated heterocycles. The molecule has 90 valence electrons.